The number of thiophene rings is 1. The average molecular weight is 340 g/mol. The van der Waals surface area contributed by atoms with E-state index in [4.69, 9.17) is 0 Å². The highest BCUT2D eigenvalue weighted by Crippen LogP contribution is 2.25. The molecule has 0 saturated carbocycles. The molecule has 3 nitrogen and oxygen atoms in total. The Morgan fingerprint density at radius 1 is 1.37 bits per heavy atom. The van der Waals surface area contributed by atoms with Crippen molar-refractivity contribution in [1.82, 2.24) is 5.32 Å². The largest absolute Gasteiger partial charge is 0.394 e. The topological polar surface area (TPSA) is 49.3 Å². The normalized spacial score (nSPS) is 13.8. The molecule has 1 unspecified atom stereocenters. The molecule has 100 valence electrons. The molecule has 1 aromatic carbocycles. The van der Waals surface area contributed by atoms with Crippen LogP contribution in [0.5, 0.6) is 0 Å². The van der Waals surface area contributed by atoms with Crippen molar-refractivity contribution < 1.29 is 9.90 Å². The van der Waals surface area contributed by atoms with Crippen LogP contribution in [0.1, 0.15) is 22.2 Å². The highest BCUT2D eigenvalue weighted by atomic mass is 79.9. The van der Waals surface area contributed by atoms with Crippen molar-refractivity contribution in [3.63, 3.8) is 0 Å². The fraction of sp³-hybridized carbons (Fsp3) is 0.214. The number of halogens is 1. The van der Waals surface area contributed by atoms with Crippen LogP contribution < -0.4 is 5.32 Å². The van der Waals surface area contributed by atoms with Gasteiger partial charge in [0.25, 0.3) is 5.91 Å². The summed E-state index contributed by atoms with van der Waals surface area (Å²) >= 11 is 4.70. The van der Waals surface area contributed by atoms with E-state index in [0.29, 0.717) is 4.88 Å². The fourth-order valence-electron chi connectivity index (χ4n) is 1.77. The van der Waals surface area contributed by atoms with Gasteiger partial charge in [-0.25, -0.2) is 0 Å². The maximum atomic E-state index is 12.2. The van der Waals surface area contributed by atoms with Crippen LogP contribution in [-0.2, 0) is 5.54 Å². The summed E-state index contributed by atoms with van der Waals surface area (Å²) in [5, 5.41) is 14.4. The van der Waals surface area contributed by atoms with Crippen molar-refractivity contribution >= 4 is 33.2 Å². The molecule has 5 heteroatoms. The van der Waals surface area contributed by atoms with E-state index in [1.165, 1.54) is 11.3 Å². The van der Waals surface area contributed by atoms with Crippen LogP contribution in [0.3, 0.4) is 0 Å². The lowest BCUT2D eigenvalue weighted by Crippen LogP contribution is -2.46. The van der Waals surface area contributed by atoms with Gasteiger partial charge in [-0.1, -0.05) is 30.3 Å². The van der Waals surface area contributed by atoms with E-state index in [1.807, 2.05) is 48.7 Å². The molecular formula is C14H14BrNO2S. The Balaban J connectivity index is 2.25. The highest BCUT2D eigenvalue weighted by Gasteiger charge is 2.29. The molecule has 19 heavy (non-hydrogen) atoms. The van der Waals surface area contributed by atoms with Crippen LogP contribution in [0.15, 0.2) is 46.3 Å². The van der Waals surface area contributed by atoms with E-state index >= 15 is 0 Å². The summed E-state index contributed by atoms with van der Waals surface area (Å²) in [7, 11) is 0. The van der Waals surface area contributed by atoms with Gasteiger partial charge in [0.2, 0.25) is 0 Å². The van der Waals surface area contributed by atoms with E-state index < -0.39 is 5.54 Å². The zero-order chi connectivity index (χ0) is 13.9. The number of rotatable bonds is 4. The second-order valence-corrected chi connectivity index (χ2v) is 6.18. The second kappa shape index (κ2) is 5.86. The maximum absolute atomic E-state index is 12.2. The van der Waals surface area contributed by atoms with Gasteiger partial charge in [-0.3, -0.25) is 4.79 Å². The SMILES string of the molecule is CC(CO)(NC(=O)c1sccc1Br)c1ccccc1. The number of aliphatic hydroxyl groups is 1. The van der Waals surface area contributed by atoms with Crippen molar-refractivity contribution in [2.24, 2.45) is 0 Å². The van der Waals surface area contributed by atoms with E-state index in [9.17, 15) is 9.90 Å². The van der Waals surface area contributed by atoms with Gasteiger partial charge in [0.05, 0.1) is 12.1 Å². The van der Waals surface area contributed by atoms with E-state index in [-0.39, 0.29) is 12.5 Å². The Bertz CT molecular complexity index is 570. The summed E-state index contributed by atoms with van der Waals surface area (Å²) < 4.78 is 0.767. The first-order valence-electron chi connectivity index (χ1n) is 5.79. The zero-order valence-corrected chi connectivity index (χ0v) is 12.8. The molecule has 2 N–H and O–H groups in total. The maximum Gasteiger partial charge on any atom is 0.263 e. The average Bonchev–Trinajstić information content (AvgIpc) is 2.86. The van der Waals surface area contributed by atoms with Crippen molar-refractivity contribution in [3.05, 3.63) is 56.7 Å². The number of carbonyl (C=O) groups excluding carboxylic acids is 1. The molecule has 1 atom stereocenters. The Labute approximate surface area is 124 Å². The molecule has 0 saturated heterocycles. The third-order valence-corrected chi connectivity index (χ3v) is 4.78. The molecule has 1 aromatic heterocycles. The van der Waals surface area contributed by atoms with Gasteiger partial charge < -0.3 is 10.4 Å². The van der Waals surface area contributed by atoms with Crippen molar-refractivity contribution in [2.75, 3.05) is 6.61 Å². The molecule has 1 heterocycles. The van der Waals surface area contributed by atoms with Gasteiger partial charge >= 0.3 is 0 Å². The van der Waals surface area contributed by atoms with Gasteiger partial charge in [0.15, 0.2) is 0 Å². The number of nitrogens with one attached hydrogen (secondary N) is 1. The summed E-state index contributed by atoms with van der Waals surface area (Å²) in [5.41, 5.74) is 0.0837. The summed E-state index contributed by atoms with van der Waals surface area (Å²) in [6.07, 6.45) is 0. The Morgan fingerprint density at radius 2 is 2.05 bits per heavy atom. The Hall–Kier alpha value is -1.17. The first-order valence-corrected chi connectivity index (χ1v) is 7.46. The van der Waals surface area contributed by atoms with Gasteiger partial charge in [0.1, 0.15) is 4.88 Å². The first-order chi connectivity index (χ1) is 9.07. The molecule has 2 aromatic rings. The van der Waals surface area contributed by atoms with Gasteiger partial charge in [-0.05, 0) is 39.9 Å². The summed E-state index contributed by atoms with van der Waals surface area (Å²) in [4.78, 5) is 12.8. The smallest absolute Gasteiger partial charge is 0.263 e. The number of hydrogen-bond acceptors (Lipinski definition) is 3. The third kappa shape index (κ3) is 3.05. The summed E-state index contributed by atoms with van der Waals surface area (Å²) in [6, 6.07) is 11.3. The Kier molecular flexibility index (Phi) is 4.39. The van der Waals surface area contributed by atoms with Crippen LogP contribution in [0.4, 0.5) is 0 Å². The van der Waals surface area contributed by atoms with Gasteiger partial charge in [-0.2, -0.15) is 0 Å². The molecule has 0 radical (unpaired) electrons. The quantitative estimate of drug-likeness (QED) is 0.898. The van der Waals surface area contributed by atoms with Crippen molar-refractivity contribution in [3.8, 4) is 0 Å². The molecule has 0 bridgehead atoms. The van der Waals surface area contributed by atoms with Crippen LogP contribution >= 0.6 is 27.3 Å². The minimum absolute atomic E-state index is 0.161. The van der Waals surface area contributed by atoms with Crippen molar-refractivity contribution in [2.45, 2.75) is 12.5 Å². The van der Waals surface area contributed by atoms with Gasteiger partial charge in [-0.15, -0.1) is 11.3 Å². The number of amides is 1. The molecule has 0 aliphatic carbocycles. The minimum atomic E-state index is -0.790. The zero-order valence-electron chi connectivity index (χ0n) is 10.4. The number of benzene rings is 1. The van der Waals surface area contributed by atoms with Crippen LogP contribution in [0, 0.1) is 0 Å². The number of carbonyl (C=O) groups is 1. The third-order valence-electron chi connectivity index (χ3n) is 2.94. The molecule has 0 aliphatic heterocycles. The van der Waals surface area contributed by atoms with Gasteiger partial charge in [0, 0.05) is 4.47 Å². The molecule has 2 rings (SSSR count). The minimum Gasteiger partial charge on any atom is -0.394 e. The molecule has 1 amide bonds. The van der Waals surface area contributed by atoms with Crippen LogP contribution in [-0.4, -0.2) is 17.6 Å². The predicted molar refractivity (Wildman–Crippen MR) is 80.4 cm³/mol. The Morgan fingerprint density at radius 3 is 2.58 bits per heavy atom. The van der Waals surface area contributed by atoms with E-state index in [1.54, 1.807) is 0 Å². The molecular weight excluding hydrogens is 326 g/mol. The monoisotopic (exact) mass is 339 g/mol. The van der Waals surface area contributed by atoms with E-state index in [2.05, 4.69) is 21.2 Å². The van der Waals surface area contributed by atoms with Crippen LogP contribution in [0.25, 0.3) is 0 Å². The van der Waals surface area contributed by atoms with Crippen LogP contribution in [0.2, 0.25) is 0 Å². The molecule has 0 aliphatic rings. The number of hydrogen-bond donors (Lipinski definition) is 2. The first kappa shape index (κ1) is 14.2. The van der Waals surface area contributed by atoms with Crippen molar-refractivity contribution in [1.29, 1.82) is 0 Å². The molecule has 0 spiro atoms. The highest BCUT2D eigenvalue weighted by molar-refractivity contribution is 9.10. The summed E-state index contributed by atoms with van der Waals surface area (Å²) in [6.45, 7) is 1.65. The lowest BCUT2D eigenvalue weighted by atomic mass is 9.93. The summed E-state index contributed by atoms with van der Waals surface area (Å²) in [5.74, 6) is -0.192. The fourth-order valence-corrected chi connectivity index (χ4v) is 3.22. The predicted octanol–water partition coefficient (Wildman–Crippen LogP) is 3.15. The van der Waals surface area contributed by atoms with E-state index in [0.717, 1.165) is 10.0 Å². The standard InChI is InChI=1S/C14H14BrNO2S/c1-14(9-17,10-5-3-2-4-6-10)16-13(18)12-11(15)7-8-19-12/h2-8,17H,9H2,1H3,(H,16,18). The lowest BCUT2D eigenvalue weighted by Gasteiger charge is -2.29. The lowest BCUT2D eigenvalue weighted by molar-refractivity contribution is 0.0853. The molecule has 0 fully saturated rings. The second-order valence-electron chi connectivity index (χ2n) is 4.41. The number of aliphatic hydroxyl groups excluding tert-OH is 1.